The van der Waals surface area contributed by atoms with Crippen LogP contribution in [-0.4, -0.2) is 27.5 Å². The lowest BCUT2D eigenvalue weighted by molar-refractivity contribution is -0.137. The Morgan fingerprint density at radius 3 is 2.64 bits per heavy atom. The number of fused-ring (bicyclic) bond motifs is 1. The van der Waals surface area contributed by atoms with E-state index in [0.29, 0.717) is 18.7 Å². The minimum atomic E-state index is -4.43. The zero-order valence-electron chi connectivity index (χ0n) is 16.4. The van der Waals surface area contributed by atoms with Gasteiger partial charge < -0.3 is 4.90 Å². The summed E-state index contributed by atoms with van der Waals surface area (Å²) >= 11 is 1.52. The lowest BCUT2D eigenvalue weighted by atomic mass is 10.1. The molecule has 1 unspecified atom stereocenters. The van der Waals surface area contributed by atoms with Crippen molar-refractivity contribution in [2.45, 2.75) is 56.4 Å². The van der Waals surface area contributed by atoms with E-state index in [-0.39, 0.29) is 17.6 Å². The van der Waals surface area contributed by atoms with E-state index in [1.54, 1.807) is 4.68 Å². The van der Waals surface area contributed by atoms with Crippen LogP contribution in [-0.2, 0) is 24.4 Å². The van der Waals surface area contributed by atoms with Gasteiger partial charge in [-0.05, 0) is 50.5 Å². The van der Waals surface area contributed by atoms with E-state index >= 15 is 0 Å². The third kappa shape index (κ3) is 4.21. The molecule has 0 bridgehead atoms. The van der Waals surface area contributed by atoms with Gasteiger partial charge in [-0.2, -0.15) is 18.3 Å². The molecule has 0 spiro atoms. The minimum absolute atomic E-state index is 0.155. The molecule has 3 rings (SSSR count). The predicted molar refractivity (Wildman–Crippen MR) is 105 cm³/mol. The number of anilines is 1. The highest BCUT2D eigenvalue weighted by molar-refractivity contribution is 8.00. The number of amides is 1. The Bertz CT molecular complexity index is 892. The van der Waals surface area contributed by atoms with Crippen molar-refractivity contribution in [3.05, 3.63) is 40.7 Å². The molecule has 0 radical (unpaired) electrons. The van der Waals surface area contributed by atoms with Gasteiger partial charge in [0.05, 0.1) is 16.9 Å². The molecular weight excluding hydrogens is 387 g/mol. The van der Waals surface area contributed by atoms with Gasteiger partial charge in [-0.15, -0.1) is 11.8 Å². The number of halogens is 3. The van der Waals surface area contributed by atoms with Crippen molar-refractivity contribution in [1.82, 2.24) is 9.78 Å². The Labute approximate surface area is 167 Å². The predicted octanol–water partition coefficient (Wildman–Crippen LogP) is 4.91. The normalized spacial score (nSPS) is 17.4. The maximum absolute atomic E-state index is 13.2. The van der Waals surface area contributed by atoms with Crippen LogP contribution in [0.2, 0.25) is 0 Å². The molecule has 1 aliphatic heterocycles. The highest BCUT2D eigenvalue weighted by atomic mass is 32.2. The number of carbonyl (C=O) groups excluding carboxylic acids is 1. The number of aryl methyl sites for hydroxylation is 2. The Balaban J connectivity index is 1.87. The third-order valence-electron chi connectivity index (χ3n) is 5.21. The van der Waals surface area contributed by atoms with Crippen LogP contribution in [0.5, 0.6) is 0 Å². The van der Waals surface area contributed by atoms with Crippen molar-refractivity contribution in [3.63, 3.8) is 0 Å². The molecule has 0 fully saturated rings. The summed E-state index contributed by atoms with van der Waals surface area (Å²) in [6, 6.07) is 3.69. The van der Waals surface area contributed by atoms with E-state index in [1.165, 1.54) is 22.7 Å². The topological polar surface area (TPSA) is 38.1 Å². The first-order valence-corrected chi connectivity index (χ1v) is 10.1. The van der Waals surface area contributed by atoms with Gasteiger partial charge in [-0.3, -0.25) is 9.48 Å². The first kappa shape index (κ1) is 20.8. The number of carbonyl (C=O) groups is 1. The van der Waals surface area contributed by atoms with Crippen LogP contribution in [0.4, 0.5) is 18.9 Å². The first-order chi connectivity index (χ1) is 13.1. The van der Waals surface area contributed by atoms with Crippen LogP contribution in [0.1, 0.15) is 42.3 Å². The molecule has 0 saturated carbocycles. The molecule has 28 heavy (non-hydrogen) atoms. The third-order valence-corrected chi connectivity index (χ3v) is 6.45. The van der Waals surface area contributed by atoms with Gasteiger partial charge in [0.1, 0.15) is 0 Å². The van der Waals surface area contributed by atoms with Crippen molar-refractivity contribution >= 4 is 23.4 Å². The molecule has 1 aliphatic rings. The molecule has 2 heterocycles. The van der Waals surface area contributed by atoms with Crippen molar-refractivity contribution in [1.29, 1.82) is 0 Å². The highest BCUT2D eigenvalue weighted by Crippen LogP contribution is 2.41. The average molecular weight is 411 g/mol. The van der Waals surface area contributed by atoms with E-state index in [2.05, 4.69) is 5.10 Å². The fourth-order valence-corrected chi connectivity index (χ4v) is 4.61. The SMILES string of the molecule is Cc1nn(C)c(C)c1CCC(=O)N1CCC(C)Sc2ccc(C(F)(F)F)cc21. The van der Waals surface area contributed by atoms with E-state index in [9.17, 15) is 18.0 Å². The van der Waals surface area contributed by atoms with Crippen LogP contribution in [0.15, 0.2) is 23.1 Å². The van der Waals surface area contributed by atoms with Gasteiger partial charge in [-0.1, -0.05) is 6.92 Å². The Hall–Kier alpha value is -1.96. The second-order valence-corrected chi connectivity index (χ2v) is 8.70. The van der Waals surface area contributed by atoms with Gasteiger partial charge in [0.25, 0.3) is 0 Å². The fraction of sp³-hybridized carbons (Fsp3) is 0.500. The van der Waals surface area contributed by atoms with Crippen molar-refractivity contribution in [2.75, 3.05) is 11.4 Å². The van der Waals surface area contributed by atoms with E-state index in [4.69, 9.17) is 0 Å². The molecule has 0 aliphatic carbocycles. The summed E-state index contributed by atoms with van der Waals surface area (Å²) in [5.74, 6) is -0.155. The largest absolute Gasteiger partial charge is 0.416 e. The van der Waals surface area contributed by atoms with Gasteiger partial charge in [0.2, 0.25) is 5.91 Å². The number of rotatable bonds is 3. The van der Waals surface area contributed by atoms with Crippen molar-refractivity contribution < 1.29 is 18.0 Å². The molecular formula is C20H24F3N3OS. The van der Waals surface area contributed by atoms with Crippen molar-refractivity contribution in [3.8, 4) is 0 Å². The second kappa shape index (κ2) is 7.81. The molecule has 0 N–H and O–H groups in total. The second-order valence-electron chi connectivity index (χ2n) is 7.22. The summed E-state index contributed by atoms with van der Waals surface area (Å²) in [6.07, 6.45) is -2.94. The van der Waals surface area contributed by atoms with Crippen LogP contribution in [0, 0.1) is 13.8 Å². The zero-order chi connectivity index (χ0) is 20.6. The first-order valence-electron chi connectivity index (χ1n) is 9.25. The average Bonchev–Trinajstić information content (AvgIpc) is 2.76. The van der Waals surface area contributed by atoms with Gasteiger partial charge >= 0.3 is 6.18 Å². The van der Waals surface area contributed by atoms with Gasteiger partial charge in [-0.25, -0.2) is 0 Å². The highest BCUT2D eigenvalue weighted by Gasteiger charge is 2.33. The van der Waals surface area contributed by atoms with Crippen LogP contribution >= 0.6 is 11.8 Å². The fourth-order valence-electron chi connectivity index (χ4n) is 3.52. The summed E-state index contributed by atoms with van der Waals surface area (Å²) in [5.41, 5.74) is 2.56. The number of hydrogen-bond donors (Lipinski definition) is 0. The van der Waals surface area contributed by atoms with Crippen LogP contribution in [0.3, 0.4) is 0 Å². The Kier molecular flexibility index (Phi) is 5.79. The molecule has 1 aromatic carbocycles. The summed E-state index contributed by atoms with van der Waals surface area (Å²) in [4.78, 5) is 15.2. The molecule has 1 aromatic heterocycles. The number of aromatic nitrogens is 2. The van der Waals surface area contributed by atoms with Crippen molar-refractivity contribution in [2.24, 2.45) is 7.05 Å². The van der Waals surface area contributed by atoms with Gasteiger partial charge in [0.15, 0.2) is 0 Å². The Morgan fingerprint density at radius 2 is 2.04 bits per heavy atom. The van der Waals surface area contributed by atoms with Crippen LogP contribution < -0.4 is 4.90 Å². The smallest absolute Gasteiger partial charge is 0.311 e. The molecule has 1 amide bonds. The molecule has 1 atom stereocenters. The standard InChI is InChI=1S/C20H24F3N3OS/c1-12-9-10-26(17-11-15(20(21,22)23)5-7-18(17)28-12)19(27)8-6-16-13(2)24-25(4)14(16)3/h5,7,11-12H,6,8-10H2,1-4H3. The molecule has 2 aromatic rings. The quantitative estimate of drug-likeness (QED) is 0.721. The number of alkyl halides is 3. The van der Waals surface area contributed by atoms with E-state index in [0.717, 1.165) is 40.4 Å². The maximum Gasteiger partial charge on any atom is 0.416 e. The lowest BCUT2D eigenvalue weighted by Crippen LogP contribution is -2.32. The summed E-state index contributed by atoms with van der Waals surface area (Å²) in [7, 11) is 1.86. The molecule has 4 nitrogen and oxygen atoms in total. The number of nitrogens with zero attached hydrogens (tertiary/aromatic N) is 3. The maximum atomic E-state index is 13.2. The number of benzene rings is 1. The summed E-state index contributed by atoms with van der Waals surface area (Å²) in [5, 5.41) is 4.60. The monoisotopic (exact) mass is 411 g/mol. The Morgan fingerprint density at radius 1 is 1.32 bits per heavy atom. The number of thioether (sulfide) groups is 1. The zero-order valence-corrected chi connectivity index (χ0v) is 17.2. The molecule has 152 valence electrons. The van der Waals surface area contributed by atoms with E-state index < -0.39 is 11.7 Å². The summed E-state index contributed by atoms with van der Waals surface area (Å²) in [6.45, 7) is 6.31. The van der Waals surface area contributed by atoms with Gasteiger partial charge in [0, 0.05) is 35.9 Å². The minimum Gasteiger partial charge on any atom is -0.311 e. The summed E-state index contributed by atoms with van der Waals surface area (Å²) < 4.78 is 41.4. The lowest BCUT2D eigenvalue weighted by Gasteiger charge is -2.24. The molecule has 0 saturated heterocycles. The molecule has 8 heteroatoms. The van der Waals surface area contributed by atoms with E-state index in [1.807, 2.05) is 27.8 Å². The number of hydrogen-bond acceptors (Lipinski definition) is 3. The van der Waals surface area contributed by atoms with Crippen LogP contribution in [0.25, 0.3) is 0 Å².